The minimum Gasteiger partial charge on any atom is -0.456 e. The van der Waals surface area contributed by atoms with Gasteiger partial charge in [0.25, 0.3) is 0 Å². The van der Waals surface area contributed by atoms with E-state index in [0.717, 1.165) is 20.7 Å². The van der Waals surface area contributed by atoms with E-state index in [-0.39, 0.29) is 17.2 Å². The van der Waals surface area contributed by atoms with Crippen molar-refractivity contribution < 1.29 is 22.4 Å². The van der Waals surface area contributed by atoms with Gasteiger partial charge in [0, 0.05) is 29.1 Å². The first-order chi connectivity index (χ1) is 14.8. The molecule has 0 unspecified atom stereocenters. The number of benzene rings is 3. The minimum absolute atomic E-state index is 0.0130. The number of likely N-dealkylation sites (N-methyl/N-ethyl adjacent to an activating group) is 1. The lowest BCUT2D eigenvalue weighted by Crippen LogP contribution is -2.35. The van der Waals surface area contributed by atoms with E-state index in [1.807, 2.05) is 24.3 Å². The van der Waals surface area contributed by atoms with Gasteiger partial charge < -0.3 is 9.73 Å². The number of amides is 1. The maximum Gasteiger partial charge on any atom is 0.243 e. The van der Waals surface area contributed by atoms with Crippen LogP contribution in [0.25, 0.3) is 21.9 Å². The highest BCUT2D eigenvalue weighted by atomic mass is 32.2. The Kier molecular flexibility index (Phi) is 5.34. The number of carbonyl (C=O) groups is 2. The number of para-hydroxylation sites is 1. The summed E-state index contributed by atoms with van der Waals surface area (Å²) in [7, 11) is -2.54. The van der Waals surface area contributed by atoms with Crippen molar-refractivity contribution >= 4 is 49.3 Å². The van der Waals surface area contributed by atoms with Crippen molar-refractivity contribution in [2.24, 2.45) is 0 Å². The Balaban J connectivity index is 1.50. The molecule has 0 aliphatic carbocycles. The van der Waals surface area contributed by atoms with E-state index in [9.17, 15) is 18.0 Å². The Labute approximate surface area is 179 Å². The van der Waals surface area contributed by atoms with Crippen molar-refractivity contribution in [1.82, 2.24) is 4.31 Å². The Morgan fingerprint density at radius 1 is 0.935 bits per heavy atom. The lowest BCUT2D eigenvalue weighted by atomic mass is 10.1. The normalized spacial score (nSPS) is 11.8. The quantitative estimate of drug-likeness (QED) is 0.460. The predicted octanol–water partition coefficient (Wildman–Crippen LogP) is 4.05. The second-order valence-corrected chi connectivity index (χ2v) is 9.24. The van der Waals surface area contributed by atoms with Crippen LogP contribution in [0.3, 0.4) is 0 Å². The summed E-state index contributed by atoms with van der Waals surface area (Å²) in [5.41, 5.74) is 2.41. The number of anilines is 1. The van der Waals surface area contributed by atoms with Crippen molar-refractivity contribution in [2.75, 3.05) is 18.9 Å². The van der Waals surface area contributed by atoms with Gasteiger partial charge in [0.15, 0.2) is 5.78 Å². The Hall–Kier alpha value is -3.49. The molecule has 1 heterocycles. The first kappa shape index (κ1) is 20.8. The molecule has 0 atom stereocenters. The van der Waals surface area contributed by atoms with Crippen LogP contribution in [-0.2, 0) is 14.8 Å². The van der Waals surface area contributed by atoms with Gasteiger partial charge in [-0.2, -0.15) is 4.31 Å². The molecule has 7 nitrogen and oxygen atoms in total. The summed E-state index contributed by atoms with van der Waals surface area (Å²) in [6, 6.07) is 18.5. The van der Waals surface area contributed by atoms with E-state index in [1.165, 1.54) is 38.2 Å². The molecule has 0 bridgehead atoms. The molecule has 0 aliphatic heterocycles. The fourth-order valence-corrected chi connectivity index (χ4v) is 4.46. The lowest BCUT2D eigenvalue weighted by Gasteiger charge is -2.17. The van der Waals surface area contributed by atoms with Crippen LogP contribution in [-0.4, -0.2) is 38.0 Å². The molecule has 4 rings (SSSR count). The van der Waals surface area contributed by atoms with Crippen molar-refractivity contribution in [3.05, 3.63) is 72.3 Å². The smallest absolute Gasteiger partial charge is 0.243 e. The molecule has 0 fully saturated rings. The van der Waals surface area contributed by atoms with Gasteiger partial charge in [-0.25, -0.2) is 8.42 Å². The van der Waals surface area contributed by atoms with Crippen LogP contribution in [0.1, 0.15) is 17.3 Å². The van der Waals surface area contributed by atoms with E-state index < -0.39 is 15.9 Å². The van der Waals surface area contributed by atoms with Crippen molar-refractivity contribution in [3.63, 3.8) is 0 Å². The molecule has 158 valence electrons. The second-order valence-electron chi connectivity index (χ2n) is 7.20. The first-order valence-corrected chi connectivity index (χ1v) is 11.0. The van der Waals surface area contributed by atoms with Gasteiger partial charge in [-0.1, -0.05) is 30.3 Å². The van der Waals surface area contributed by atoms with Crippen LogP contribution >= 0.6 is 0 Å². The van der Waals surface area contributed by atoms with Gasteiger partial charge in [-0.3, -0.25) is 9.59 Å². The van der Waals surface area contributed by atoms with Crippen LogP contribution in [0, 0.1) is 0 Å². The van der Waals surface area contributed by atoms with Gasteiger partial charge >= 0.3 is 0 Å². The number of carbonyl (C=O) groups excluding carboxylic acids is 2. The van der Waals surface area contributed by atoms with Crippen LogP contribution in [0.5, 0.6) is 0 Å². The number of hydrogen-bond donors (Lipinski definition) is 1. The number of nitrogens with zero attached hydrogens (tertiary/aromatic N) is 1. The fourth-order valence-electron chi connectivity index (χ4n) is 3.33. The van der Waals surface area contributed by atoms with Gasteiger partial charge in [-0.05, 0) is 43.3 Å². The molecular formula is C23H20N2O5S. The Bertz CT molecular complexity index is 1410. The molecule has 31 heavy (non-hydrogen) atoms. The third-order valence-electron chi connectivity index (χ3n) is 5.00. The number of hydrogen-bond acceptors (Lipinski definition) is 5. The predicted molar refractivity (Wildman–Crippen MR) is 119 cm³/mol. The van der Waals surface area contributed by atoms with Crippen LogP contribution < -0.4 is 5.32 Å². The Morgan fingerprint density at radius 2 is 1.61 bits per heavy atom. The molecule has 0 saturated carbocycles. The monoisotopic (exact) mass is 436 g/mol. The van der Waals surface area contributed by atoms with Gasteiger partial charge in [0.2, 0.25) is 15.9 Å². The molecule has 3 aromatic carbocycles. The largest absolute Gasteiger partial charge is 0.456 e. The van der Waals surface area contributed by atoms with Crippen LogP contribution in [0.15, 0.2) is 76.0 Å². The lowest BCUT2D eigenvalue weighted by molar-refractivity contribution is -0.116. The zero-order chi connectivity index (χ0) is 22.2. The summed E-state index contributed by atoms with van der Waals surface area (Å²) in [6.45, 7) is 1.05. The Morgan fingerprint density at radius 3 is 2.32 bits per heavy atom. The highest BCUT2D eigenvalue weighted by Crippen LogP contribution is 2.30. The summed E-state index contributed by atoms with van der Waals surface area (Å²) in [5, 5.41) is 4.53. The maximum atomic E-state index is 12.7. The van der Waals surface area contributed by atoms with Crippen molar-refractivity contribution in [1.29, 1.82) is 0 Å². The molecule has 4 aromatic rings. The molecule has 0 spiro atoms. The number of ketones is 1. The third kappa shape index (κ3) is 4.08. The average Bonchev–Trinajstić information content (AvgIpc) is 3.11. The first-order valence-electron chi connectivity index (χ1n) is 9.54. The molecule has 0 saturated heterocycles. The van der Waals surface area contributed by atoms with E-state index in [4.69, 9.17) is 4.42 Å². The van der Waals surface area contributed by atoms with Crippen LogP contribution in [0.4, 0.5) is 5.69 Å². The number of fused-ring (bicyclic) bond motifs is 3. The SMILES string of the molecule is CC(=O)c1ccc(S(=O)(=O)N(C)CC(=O)Nc2ccc3oc4ccccc4c3c2)cc1. The molecule has 1 amide bonds. The zero-order valence-electron chi connectivity index (χ0n) is 17.0. The molecule has 1 N–H and O–H groups in total. The number of Topliss-reactive ketones (excluding diaryl/α,β-unsaturated/α-hetero) is 1. The summed E-state index contributed by atoms with van der Waals surface area (Å²) in [6.07, 6.45) is 0. The molecule has 1 aromatic heterocycles. The second kappa shape index (κ2) is 7.98. The summed E-state index contributed by atoms with van der Waals surface area (Å²) in [5.74, 6) is -0.627. The van der Waals surface area contributed by atoms with Crippen molar-refractivity contribution in [2.45, 2.75) is 11.8 Å². The number of sulfonamides is 1. The molecule has 0 aliphatic rings. The van der Waals surface area contributed by atoms with Gasteiger partial charge in [0.1, 0.15) is 11.2 Å². The van der Waals surface area contributed by atoms with Crippen molar-refractivity contribution in [3.8, 4) is 0 Å². The number of furan rings is 1. The van der Waals surface area contributed by atoms with Crippen LogP contribution in [0.2, 0.25) is 0 Å². The number of rotatable bonds is 6. The summed E-state index contributed by atoms with van der Waals surface area (Å²) in [4.78, 5) is 23.9. The topological polar surface area (TPSA) is 96.7 Å². The summed E-state index contributed by atoms with van der Waals surface area (Å²) >= 11 is 0. The van der Waals surface area contributed by atoms with Gasteiger partial charge in [0.05, 0.1) is 11.4 Å². The van der Waals surface area contributed by atoms with E-state index in [1.54, 1.807) is 18.2 Å². The van der Waals surface area contributed by atoms with Gasteiger partial charge in [-0.15, -0.1) is 0 Å². The highest BCUT2D eigenvalue weighted by molar-refractivity contribution is 7.89. The molecular weight excluding hydrogens is 416 g/mol. The maximum absolute atomic E-state index is 12.7. The zero-order valence-corrected chi connectivity index (χ0v) is 17.8. The molecule has 0 radical (unpaired) electrons. The summed E-state index contributed by atoms with van der Waals surface area (Å²) < 4.78 is 32.2. The molecule has 8 heteroatoms. The van der Waals surface area contributed by atoms with E-state index >= 15 is 0 Å². The van der Waals surface area contributed by atoms with E-state index in [0.29, 0.717) is 16.8 Å². The average molecular weight is 436 g/mol. The fraction of sp³-hybridized carbons (Fsp3) is 0.130. The third-order valence-corrected chi connectivity index (χ3v) is 6.81. The van der Waals surface area contributed by atoms with E-state index in [2.05, 4.69) is 5.32 Å². The standard InChI is InChI=1S/C23H20N2O5S/c1-15(26)16-7-10-18(11-8-16)31(28,29)25(2)14-23(27)24-17-9-12-22-20(13-17)19-5-3-4-6-21(19)30-22/h3-13H,14H2,1-2H3,(H,24,27). The minimum atomic E-state index is -3.88. The highest BCUT2D eigenvalue weighted by Gasteiger charge is 2.23. The number of nitrogens with one attached hydrogen (secondary N) is 1.